The molecule has 1 aliphatic heterocycles. The van der Waals surface area contributed by atoms with Crippen molar-refractivity contribution in [3.05, 3.63) is 53.8 Å². The average molecular weight is 403 g/mol. The third kappa shape index (κ3) is 4.72. The van der Waals surface area contributed by atoms with Gasteiger partial charge in [-0.25, -0.2) is 4.39 Å². The van der Waals surface area contributed by atoms with E-state index in [9.17, 15) is 9.50 Å². The molecule has 0 aromatic heterocycles. The third-order valence-electron chi connectivity index (χ3n) is 4.74. The summed E-state index contributed by atoms with van der Waals surface area (Å²) in [6, 6.07) is 12.6. The molecule has 1 fully saturated rings. The van der Waals surface area contributed by atoms with Gasteiger partial charge >= 0.3 is 0 Å². The van der Waals surface area contributed by atoms with Crippen LogP contribution in [0.4, 0.5) is 10.1 Å². The lowest BCUT2D eigenvalue weighted by molar-refractivity contribution is 0.197. The number of halogens is 3. The number of rotatable bonds is 4. The second kappa shape index (κ2) is 9.86. The van der Waals surface area contributed by atoms with E-state index >= 15 is 0 Å². The van der Waals surface area contributed by atoms with Gasteiger partial charge in [0.05, 0.1) is 12.8 Å². The Hall–Kier alpha value is -1.69. The van der Waals surface area contributed by atoms with Crippen LogP contribution in [0.2, 0.25) is 0 Å². The lowest BCUT2D eigenvalue weighted by Gasteiger charge is -2.39. The van der Waals surface area contributed by atoms with Crippen molar-refractivity contribution in [3.63, 3.8) is 0 Å². The maximum absolute atomic E-state index is 13.9. The van der Waals surface area contributed by atoms with E-state index in [0.29, 0.717) is 11.4 Å². The van der Waals surface area contributed by atoms with Gasteiger partial charge in [0.1, 0.15) is 5.82 Å². The lowest BCUT2D eigenvalue weighted by atomic mass is 10.0. The Labute approximate surface area is 166 Å². The van der Waals surface area contributed by atoms with Crippen molar-refractivity contribution >= 4 is 30.5 Å². The Morgan fingerprint density at radius 3 is 2.31 bits per heavy atom. The lowest BCUT2D eigenvalue weighted by Crippen LogP contribution is -2.47. The molecule has 144 valence electrons. The number of hydrogen-bond donors (Lipinski definition) is 1. The van der Waals surface area contributed by atoms with Crippen LogP contribution < -0.4 is 9.64 Å². The summed E-state index contributed by atoms with van der Waals surface area (Å²) < 4.78 is 19.1. The standard InChI is InChI=1S/C19H23FN2O2.2ClH/c1-14(15-7-8-18(23)19(13-15)24-2)21-9-11-22(12-10-21)17-6-4-3-5-16(17)20;;/h3-8,13-14,23H,9-12H2,1-2H3;2*1H. The Balaban J connectivity index is 0.00000169. The first-order chi connectivity index (χ1) is 11.6. The van der Waals surface area contributed by atoms with Crippen LogP contribution >= 0.6 is 24.8 Å². The van der Waals surface area contributed by atoms with Crippen molar-refractivity contribution in [2.75, 3.05) is 38.2 Å². The molecule has 26 heavy (non-hydrogen) atoms. The van der Waals surface area contributed by atoms with Crippen molar-refractivity contribution in [1.82, 2.24) is 4.90 Å². The van der Waals surface area contributed by atoms with Crippen molar-refractivity contribution < 1.29 is 14.2 Å². The number of phenols is 1. The van der Waals surface area contributed by atoms with E-state index in [-0.39, 0.29) is 42.4 Å². The van der Waals surface area contributed by atoms with Crippen molar-refractivity contribution in [3.8, 4) is 11.5 Å². The summed E-state index contributed by atoms with van der Waals surface area (Å²) >= 11 is 0. The van der Waals surface area contributed by atoms with Gasteiger partial charge in [0, 0.05) is 32.2 Å². The molecule has 0 radical (unpaired) electrons. The van der Waals surface area contributed by atoms with Crippen molar-refractivity contribution in [1.29, 1.82) is 0 Å². The number of para-hydroxylation sites is 1. The Kier molecular flexibility index (Phi) is 8.47. The Morgan fingerprint density at radius 2 is 1.69 bits per heavy atom. The number of benzene rings is 2. The van der Waals surface area contributed by atoms with Gasteiger partial charge in [0.25, 0.3) is 0 Å². The number of ether oxygens (including phenoxy) is 1. The van der Waals surface area contributed by atoms with Gasteiger partial charge < -0.3 is 14.7 Å². The van der Waals surface area contributed by atoms with E-state index in [2.05, 4.69) is 16.7 Å². The van der Waals surface area contributed by atoms with Gasteiger partial charge in [-0.1, -0.05) is 18.2 Å². The van der Waals surface area contributed by atoms with Crippen LogP contribution in [0.25, 0.3) is 0 Å². The number of methoxy groups -OCH3 is 1. The molecule has 1 heterocycles. The number of piperazine rings is 1. The van der Waals surface area contributed by atoms with Crippen molar-refractivity contribution in [2.24, 2.45) is 0 Å². The van der Waals surface area contributed by atoms with Gasteiger partial charge in [-0.15, -0.1) is 24.8 Å². The zero-order chi connectivity index (χ0) is 17.1. The summed E-state index contributed by atoms with van der Waals surface area (Å²) in [4.78, 5) is 4.46. The van der Waals surface area contributed by atoms with E-state index in [1.165, 1.54) is 6.07 Å². The maximum Gasteiger partial charge on any atom is 0.160 e. The summed E-state index contributed by atoms with van der Waals surface area (Å²) in [7, 11) is 1.55. The van der Waals surface area contributed by atoms with Gasteiger partial charge in [0.15, 0.2) is 11.5 Å². The summed E-state index contributed by atoms with van der Waals surface area (Å²) in [5.74, 6) is 0.476. The highest BCUT2D eigenvalue weighted by molar-refractivity contribution is 5.85. The summed E-state index contributed by atoms with van der Waals surface area (Å²) in [5.41, 5.74) is 1.78. The fraction of sp³-hybridized carbons (Fsp3) is 0.368. The molecule has 4 nitrogen and oxygen atoms in total. The van der Waals surface area contributed by atoms with Crippen LogP contribution in [0.15, 0.2) is 42.5 Å². The molecular weight excluding hydrogens is 378 g/mol. The second-order valence-electron chi connectivity index (χ2n) is 6.08. The van der Waals surface area contributed by atoms with E-state index in [1.54, 1.807) is 19.2 Å². The van der Waals surface area contributed by atoms with Gasteiger partial charge in [0.2, 0.25) is 0 Å². The number of phenolic OH excluding ortho intramolecular Hbond substituents is 1. The largest absolute Gasteiger partial charge is 0.504 e. The number of hydrogen-bond acceptors (Lipinski definition) is 4. The smallest absolute Gasteiger partial charge is 0.160 e. The number of nitrogens with zero attached hydrogens (tertiary/aromatic N) is 2. The molecule has 1 aliphatic rings. The molecule has 1 saturated heterocycles. The molecule has 7 heteroatoms. The molecule has 3 rings (SSSR count). The third-order valence-corrected chi connectivity index (χ3v) is 4.74. The van der Waals surface area contributed by atoms with Crippen LogP contribution in [0, 0.1) is 5.82 Å². The van der Waals surface area contributed by atoms with Crippen LogP contribution in [-0.4, -0.2) is 43.3 Å². The van der Waals surface area contributed by atoms with E-state index in [0.717, 1.165) is 31.7 Å². The van der Waals surface area contributed by atoms with Crippen LogP contribution in [0.3, 0.4) is 0 Å². The minimum absolute atomic E-state index is 0. The second-order valence-corrected chi connectivity index (χ2v) is 6.08. The SMILES string of the molecule is COc1cc(C(C)N2CCN(c3ccccc3F)CC2)ccc1O.Cl.Cl. The Morgan fingerprint density at radius 1 is 1.04 bits per heavy atom. The zero-order valence-electron chi connectivity index (χ0n) is 14.9. The van der Waals surface area contributed by atoms with Crippen LogP contribution in [0.5, 0.6) is 11.5 Å². The number of aromatic hydroxyl groups is 1. The molecule has 0 aliphatic carbocycles. The molecule has 0 amide bonds. The monoisotopic (exact) mass is 402 g/mol. The van der Waals surface area contributed by atoms with Gasteiger partial charge in [-0.3, -0.25) is 4.90 Å². The number of anilines is 1. The first-order valence-corrected chi connectivity index (χ1v) is 8.20. The van der Waals surface area contributed by atoms with E-state index in [4.69, 9.17) is 4.74 Å². The minimum atomic E-state index is -0.165. The van der Waals surface area contributed by atoms with Gasteiger partial charge in [-0.2, -0.15) is 0 Å². The highest BCUT2D eigenvalue weighted by atomic mass is 35.5. The average Bonchev–Trinajstić information content (AvgIpc) is 2.62. The minimum Gasteiger partial charge on any atom is -0.504 e. The van der Waals surface area contributed by atoms with Crippen LogP contribution in [0.1, 0.15) is 18.5 Å². The quantitative estimate of drug-likeness (QED) is 0.828. The van der Waals surface area contributed by atoms with E-state index < -0.39 is 0 Å². The highest BCUT2D eigenvalue weighted by Gasteiger charge is 2.24. The topological polar surface area (TPSA) is 35.9 Å². The molecule has 0 saturated carbocycles. The predicted molar refractivity (Wildman–Crippen MR) is 108 cm³/mol. The molecule has 2 aromatic carbocycles. The molecule has 1 N–H and O–H groups in total. The molecule has 1 atom stereocenters. The van der Waals surface area contributed by atoms with Crippen molar-refractivity contribution in [2.45, 2.75) is 13.0 Å². The van der Waals surface area contributed by atoms with Gasteiger partial charge in [-0.05, 0) is 36.8 Å². The maximum atomic E-state index is 13.9. The van der Waals surface area contributed by atoms with Crippen LogP contribution in [-0.2, 0) is 0 Å². The fourth-order valence-electron chi connectivity index (χ4n) is 3.22. The molecule has 1 unspecified atom stereocenters. The highest BCUT2D eigenvalue weighted by Crippen LogP contribution is 2.31. The first-order valence-electron chi connectivity index (χ1n) is 8.20. The predicted octanol–water partition coefficient (Wildman–Crippen LogP) is 4.27. The zero-order valence-corrected chi connectivity index (χ0v) is 16.5. The normalized spacial score (nSPS) is 15.6. The fourth-order valence-corrected chi connectivity index (χ4v) is 3.22. The Bertz CT molecular complexity index is 710. The van der Waals surface area contributed by atoms with E-state index in [1.807, 2.05) is 24.3 Å². The molecule has 2 aromatic rings. The first kappa shape index (κ1) is 22.4. The summed E-state index contributed by atoms with van der Waals surface area (Å²) in [6.07, 6.45) is 0. The molecule has 0 bridgehead atoms. The summed E-state index contributed by atoms with van der Waals surface area (Å²) in [5, 5.41) is 9.73. The molecular formula is C19H25Cl2FN2O2. The summed E-state index contributed by atoms with van der Waals surface area (Å²) in [6.45, 7) is 5.45. The molecule has 0 spiro atoms.